The summed E-state index contributed by atoms with van der Waals surface area (Å²) in [4.78, 5) is 33.5. The molecule has 1 aliphatic rings. The average molecular weight is 292 g/mol. The van der Waals surface area contributed by atoms with E-state index >= 15 is 0 Å². The Kier molecular flexibility index (Phi) is 4.21. The molecule has 2 N–H and O–H groups in total. The molecule has 1 aromatic carbocycles. The Morgan fingerprint density at radius 2 is 2.00 bits per heavy atom. The second-order valence-corrected chi connectivity index (χ2v) is 5.23. The van der Waals surface area contributed by atoms with Gasteiger partial charge in [-0.25, -0.2) is 0 Å². The number of anilines is 1. The number of benzene rings is 1. The van der Waals surface area contributed by atoms with Gasteiger partial charge in [0, 0.05) is 17.3 Å². The number of carboxylic acids is 1. The molecule has 0 heterocycles. The van der Waals surface area contributed by atoms with Crippen LogP contribution in [0.3, 0.4) is 0 Å². The van der Waals surface area contributed by atoms with E-state index < -0.39 is 22.7 Å². The van der Waals surface area contributed by atoms with E-state index in [1.54, 1.807) is 6.92 Å². The van der Waals surface area contributed by atoms with E-state index in [-0.39, 0.29) is 11.6 Å². The largest absolute Gasteiger partial charge is 0.481 e. The third kappa shape index (κ3) is 3.18. The number of nitrogens with one attached hydrogen (secondary N) is 1. The molecule has 0 radical (unpaired) electrons. The van der Waals surface area contributed by atoms with E-state index in [1.165, 1.54) is 18.2 Å². The SMILES string of the molecule is Cc1cc(NC(=O)C2CCCC2C(=O)O)ccc1[N+](=O)[O-]. The van der Waals surface area contributed by atoms with Crippen LogP contribution in [0.1, 0.15) is 24.8 Å². The highest BCUT2D eigenvalue weighted by Gasteiger charge is 2.37. The van der Waals surface area contributed by atoms with Crippen LogP contribution < -0.4 is 5.32 Å². The van der Waals surface area contributed by atoms with Crippen molar-refractivity contribution in [3.05, 3.63) is 33.9 Å². The fourth-order valence-electron chi connectivity index (χ4n) is 2.74. The molecule has 21 heavy (non-hydrogen) atoms. The van der Waals surface area contributed by atoms with Gasteiger partial charge in [0.1, 0.15) is 0 Å². The minimum atomic E-state index is -0.951. The number of carboxylic acid groups (broad SMARTS) is 1. The van der Waals surface area contributed by atoms with Gasteiger partial charge in [-0.2, -0.15) is 0 Å². The molecule has 112 valence electrons. The van der Waals surface area contributed by atoms with Crippen molar-refractivity contribution in [1.82, 2.24) is 0 Å². The lowest BCUT2D eigenvalue weighted by atomic mass is 9.95. The Balaban J connectivity index is 2.11. The number of hydrogen-bond acceptors (Lipinski definition) is 4. The van der Waals surface area contributed by atoms with Crippen LogP contribution in [0, 0.1) is 28.9 Å². The van der Waals surface area contributed by atoms with E-state index in [0.29, 0.717) is 30.5 Å². The van der Waals surface area contributed by atoms with Gasteiger partial charge in [-0.15, -0.1) is 0 Å². The van der Waals surface area contributed by atoms with Gasteiger partial charge in [0.05, 0.1) is 16.8 Å². The van der Waals surface area contributed by atoms with Crippen LogP contribution in [0.15, 0.2) is 18.2 Å². The molecule has 2 unspecified atom stereocenters. The van der Waals surface area contributed by atoms with Crippen molar-refractivity contribution in [2.75, 3.05) is 5.32 Å². The van der Waals surface area contributed by atoms with E-state index in [2.05, 4.69) is 5.32 Å². The van der Waals surface area contributed by atoms with Crippen LogP contribution in [0.2, 0.25) is 0 Å². The summed E-state index contributed by atoms with van der Waals surface area (Å²) in [5.74, 6) is -2.48. The highest BCUT2D eigenvalue weighted by atomic mass is 16.6. The van der Waals surface area contributed by atoms with Gasteiger partial charge in [0.15, 0.2) is 0 Å². The van der Waals surface area contributed by atoms with Crippen LogP contribution >= 0.6 is 0 Å². The van der Waals surface area contributed by atoms with Gasteiger partial charge in [-0.05, 0) is 31.9 Å². The van der Waals surface area contributed by atoms with Crippen molar-refractivity contribution in [1.29, 1.82) is 0 Å². The smallest absolute Gasteiger partial charge is 0.307 e. The lowest BCUT2D eigenvalue weighted by Gasteiger charge is -2.15. The molecule has 1 saturated carbocycles. The summed E-state index contributed by atoms with van der Waals surface area (Å²) in [7, 11) is 0. The first-order chi connectivity index (χ1) is 9.90. The van der Waals surface area contributed by atoms with E-state index in [4.69, 9.17) is 5.11 Å². The van der Waals surface area contributed by atoms with Gasteiger partial charge < -0.3 is 10.4 Å². The van der Waals surface area contributed by atoms with Crippen molar-refractivity contribution in [3.63, 3.8) is 0 Å². The van der Waals surface area contributed by atoms with Gasteiger partial charge >= 0.3 is 5.97 Å². The third-order valence-electron chi connectivity index (χ3n) is 3.83. The zero-order valence-electron chi connectivity index (χ0n) is 11.5. The predicted octanol–water partition coefficient (Wildman–Crippen LogP) is 2.34. The summed E-state index contributed by atoms with van der Waals surface area (Å²) in [5.41, 5.74) is 0.871. The molecule has 0 aliphatic heterocycles. The Morgan fingerprint density at radius 1 is 1.33 bits per heavy atom. The molecule has 0 saturated heterocycles. The highest BCUT2D eigenvalue weighted by Crippen LogP contribution is 2.33. The number of carbonyl (C=O) groups is 2. The molecule has 2 atom stereocenters. The maximum Gasteiger partial charge on any atom is 0.307 e. The first-order valence-electron chi connectivity index (χ1n) is 6.69. The van der Waals surface area contributed by atoms with Crippen LogP contribution in [0.25, 0.3) is 0 Å². The minimum Gasteiger partial charge on any atom is -0.481 e. The Hall–Kier alpha value is -2.44. The van der Waals surface area contributed by atoms with Crippen molar-refractivity contribution in [2.45, 2.75) is 26.2 Å². The summed E-state index contributed by atoms with van der Waals surface area (Å²) in [6, 6.07) is 4.29. The highest BCUT2D eigenvalue weighted by molar-refractivity contribution is 5.95. The fourth-order valence-corrected chi connectivity index (χ4v) is 2.74. The van der Waals surface area contributed by atoms with Crippen LogP contribution in [0.4, 0.5) is 11.4 Å². The molecule has 7 nitrogen and oxygen atoms in total. The lowest BCUT2D eigenvalue weighted by molar-refractivity contribution is -0.385. The lowest BCUT2D eigenvalue weighted by Crippen LogP contribution is -2.30. The van der Waals surface area contributed by atoms with Crippen molar-refractivity contribution < 1.29 is 19.6 Å². The van der Waals surface area contributed by atoms with E-state index in [0.717, 1.165) is 0 Å². The number of nitro benzene ring substituents is 1. The first-order valence-corrected chi connectivity index (χ1v) is 6.69. The summed E-state index contributed by atoms with van der Waals surface area (Å²) in [6.07, 6.45) is 1.77. The minimum absolute atomic E-state index is 0.0164. The first kappa shape index (κ1) is 15.0. The van der Waals surface area contributed by atoms with Crippen LogP contribution in [-0.4, -0.2) is 21.9 Å². The van der Waals surface area contributed by atoms with E-state index in [1.807, 2.05) is 0 Å². The second kappa shape index (κ2) is 5.90. The zero-order chi connectivity index (χ0) is 15.6. The third-order valence-corrected chi connectivity index (χ3v) is 3.83. The van der Waals surface area contributed by atoms with Crippen LogP contribution in [-0.2, 0) is 9.59 Å². The number of aryl methyl sites for hydroxylation is 1. The number of amides is 1. The van der Waals surface area contributed by atoms with Crippen molar-refractivity contribution in [3.8, 4) is 0 Å². The molecule has 0 aromatic heterocycles. The number of aliphatic carboxylic acids is 1. The molecule has 7 heteroatoms. The summed E-state index contributed by atoms with van der Waals surface area (Å²) >= 11 is 0. The molecule has 1 amide bonds. The second-order valence-electron chi connectivity index (χ2n) is 5.23. The Labute approximate surface area is 121 Å². The van der Waals surface area contributed by atoms with Gasteiger partial charge in [0.25, 0.3) is 5.69 Å². The molecular weight excluding hydrogens is 276 g/mol. The number of nitrogens with zero attached hydrogens (tertiary/aromatic N) is 1. The zero-order valence-corrected chi connectivity index (χ0v) is 11.5. The fraction of sp³-hybridized carbons (Fsp3) is 0.429. The van der Waals surface area contributed by atoms with Gasteiger partial charge in [-0.1, -0.05) is 6.42 Å². The molecule has 1 aliphatic carbocycles. The maximum atomic E-state index is 12.2. The molecule has 0 bridgehead atoms. The standard InChI is InChI=1S/C14H16N2O5/c1-8-7-9(5-6-12(8)16(20)21)15-13(17)10-3-2-4-11(10)14(18)19/h5-7,10-11H,2-4H2,1H3,(H,15,17)(H,18,19). The summed E-state index contributed by atoms with van der Waals surface area (Å²) in [6.45, 7) is 1.59. The Morgan fingerprint density at radius 3 is 2.57 bits per heavy atom. The monoisotopic (exact) mass is 292 g/mol. The Bertz CT molecular complexity index is 599. The number of rotatable bonds is 4. The average Bonchev–Trinajstić information content (AvgIpc) is 2.87. The van der Waals surface area contributed by atoms with Crippen LogP contribution in [0.5, 0.6) is 0 Å². The number of carbonyl (C=O) groups excluding carboxylic acids is 1. The molecule has 1 aromatic rings. The topological polar surface area (TPSA) is 110 Å². The molecule has 1 fully saturated rings. The number of nitro groups is 1. The summed E-state index contributed by atoms with van der Waals surface area (Å²) in [5, 5.41) is 22.5. The van der Waals surface area contributed by atoms with Crippen molar-refractivity contribution in [2.24, 2.45) is 11.8 Å². The normalized spacial score (nSPS) is 21.0. The number of hydrogen-bond donors (Lipinski definition) is 2. The predicted molar refractivity (Wildman–Crippen MR) is 74.9 cm³/mol. The maximum absolute atomic E-state index is 12.2. The van der Waals surface area contributed by atoms with Gasteiger partial charge in [-0.3, -0.25) is 19.7 Å². The molecule has 2 rings (SSSR count). The summed E-state index contributed by atoms with van der Waals surface area (Å²) < 4.78 is 0. The van der Waals surface area contributed by atoms with Crippen molar-refractivity contribution >= 4 is 23.3 Å². The van der Waals surface area contributed by atoms with Gasteiger partial charge in [0.2, 0.25) is 5.91 Å². The molecule has 0 spiro atoms. The van der Waals surface area contributed by atoms with E-state index in [9.17, 15) is 19.7 Å². The molecular formula is C14H16N2O5. The quantitative estimate of drug-likeness (QED) is 0.653.